The van der Waals surface area contributed by atoms with E-state index in [9.17, 15) is 0 Å². The summed E-state index contributed by atoms with van der Waals surface area (Å²) in [5.41, 5.74) is 11.7. The van der Waals surface area contributed by atoms with Crippen LogP contribution < -0.4 is 0 Å². The van der Waals surface area contributed by atoms with Gasteiger partial charge in [-0.3, -0.25) is 0 Å². The number of tetrazole rings is 1. The van der Waals surface area contributed by atoms with Crippen LogP contribution in [0.25, 0.3) is 22.8 Å². The summed E-state index contributed by atoms with van der Waals surface area (Å²) in [7, 11) is 0. The van der Waals surface area contributed by atoms with Gasteiger partial charge in [-0.15, -0.1) is 10.2 Å². The number of aryl methyl sites for hydroxylation is 5. The van der Waals surface area contributed by atoms with Gasteiger partial charge in [-0.1, -0.05) is 49.4 Å². The summed E-state index contributed by atoms with van der Waals surface area (Å²) < 4.78 is 2.28. The molecule has 0 amide bonds. The van der Waals surface area contributed by atoms with Gasteiger partial charge in [0.05, 0.1) is 6.54 Å². The number of benzene rings is 2. The average molecular weight is 462 g/mol. The zero-order chi connectivity index (χ0) is 23.9. The molecule has 0 atom stereocenters. The van der Waals surface area contributed by atoms with Crippen LogP contribution in [-0.2, 0) is 25.8 Å². The molecule has 7 nitrogen and oxygen atoms in total. The number of hydrogen-bond donors (Lipinski definition) is 1. The van der Waals surface area contributed by atoms with Crippen molar-refractivity contribution in [2.75, 3.05) is 0 Å². The Morgan fingerprint density at radius 3 is 2.63 bits per heavy atom. The minimum Gasteiger partial charge on any atom is -0.308 e. The fourth-order valence-corrected chi connectivity index (χ4v) is 5.21. The minimum absolute atomic E-state index is 0.584. The maximum absolute atomic E-state index is 4.92. The molecule has 7 heteroatoms. The summed E-state index contributed by atoms with van der Waals surface area (Å²) in [4.78, 5) is 9.77. The lowest BCUT2D eigenvalue weighted by atomic mass is 9.92. The maximum atomic E-state index is 4.92. The van der Waals surface area contributed by atoms with E-state index in [0.29, 0.717) is 5.82 Å². The van der Waals surface area contributed by atoms with Gasteiger partial charge in [-0.25, -0.2) is 9.97 Å². The Hall–Kier alpha value is -4.13. The highest BCUT2D eigenvalue weighted by atomic mass is 15.5. The zero-order valence-electron chi connectivity index (χ0n) is 20.2. The number of rotatable bonds is 4. The lowest BCUT2D eigenvalue weighted by Crippen LogP contribution is -2.07. The van der Waals surface area contributed by atoms with Gasteiger partial charge in [0.1, 0.15) is 11.3 Å². The van der Waals surface area contributed by atoms with Gasteiger partial charge in [0.2, 0.25) is 0 Å². The summed E-state index contributed by atoms with van der Waals surface area (Å²) in [5, 5.41) is 14.6. The van der Waals surface area contributed by atoms with Crippen LogP contribution in [0.4, 0.5) is 0 Å². The number of nitrogens with one attached hydrogen (secondary N) is 1. The number of nitrogens with zero attached hydrogens (tertiary/aromatic N) is 6. The molecule has 2 aromatic carbocycles. The average Bonchev–Trinajstić information content (AvgIpc) is 3.46. The molecule has 35 heavy (non-hydrogen) atoms. The number of H-pyrrole nitrogens is 1. The third-order valence-electron chi connectivity index (χ3n) is 6.82. The summed E-state index contributed by atoms with van der Waals surface area (Å²) >= 11 is 0. The highest BCUT2D eigenvalue weighted by Gasteiger charge is 2.20. The summed E-state index contributed by atoms with van der Waals surface area (Å²) in [6, 6.07) is 17.5. The lowest BCUT2D eigenvalue weighted by molar-refractivity contribution is 0.744. The Labute approximate surface area is 204 Å². The third kappa shape index (κ3) is 3.83. The number of aromatic nitrogens is 7. The maximum Gasteiger partial charge on any atom is 0.198 e. The van der Waals surface area contributed by atoms with E-state index in [2.05, 4.69) is 87.6 Å². The van der Waals surface area contributed by atoms with Gasteiger partial charge in [0.15, 0.2) is 11.5 Å². The van der Waals surface area contributed by atoms with Crippen LogP contribution in [-0.4, -0.2) is 35.2 Å². The number of aromatic amines is 1. The van der Waals surface area contributed by atoms with Crippen molar-refractivity contribution in [3.8, 4) is 0 Å². The molecule has 1 N–H and O–H groups in total. The Morgan fingerprint density at radius 2 is 1.80 bits per heavy atom. The number of pyridine rings is 1. The Morgan fingerprint density at radius 1 is 0.971 bits per heavy atom. The second kappa shape index (κ2) is 8.58. The molecule has 0 saturated heterocycles. The molecule has 1 aliphatic rings. The van der Waals surface area contributed by atoms with Crippen molar-refractivity contribution in [2.24, 2.45) is 0 Å². The largest absolute Gasteiger partial charge is 0.308 e. The van der Waals surface area contributed by atoms with Gasteiger partial charge >= 0.3 is 0 Å². The smallest absolute Gasteiger partial charge is 0.198 e. The first-order valence-corrected chi connectivity index (χ1v) is 12.1. The fraction of sp³-hybridized carbons (Fsp3) is 0.250. The van der Waals surface area contributed by atoms with E-state index >= 15 is 0 Å². The van der Waals surface area contributed by atoms with Crippen LogP contribution in [0.2, 0.25) is 0 Å². The Kier molecular flexibility index (Phi) is 5.25. The molecule has 0 radical (unpaired) electrons. The van der Waals surface area contributed by atoms with E-state index in [-0.39, 0.29) is 0 Å². The standard InChI is InChI=1S/C28H27N7/c1-4-26-30-27-17(2)13-18(3)29-28(27)35(26)16-19-9-12-23-21(14-19)11-10-20-7-5-6-8-22(20)24(23)15-25-31-33-34-32-25/h5-9,12-15H,4,10-11,16H2,1-3H3,(H,31,32,33,34). The lowest BCUT2D eigenvalue weighted by Gasteiger charge is -2.14. The van der Waals surface area contributed by atoms with E-state index in [1.54, 1.807) is 0 Å². The number of hydrogen-bond acceptors (Lipinski definition) is 5. The molecule has 5 aromatic rings. The molecular formula is C28H27N7. The first-order valence-electron chi connectivity index (χ1n) is 12.1. The quantitative estimate of drug-likeness (QED) is 0.413. The summed E-state index contributed by atoms with van der Waals surface area (Å²) in [6.07, 6.45) is 4.86. The van der Waals surface area contributed by atoms with Crippen LogP contribution in [0.5, 0.6) is 0 Å². The van der Waals surface area contributed by atoms with Crippen molar-refractivity contribution in [3.63, 3.8) is 0 Å². The van der Waals surface area contributed by atoms with E-state index in [0.717, 1.165) is 54.1 Å². The van der Waals surface area contributed by atoms with Gasteiger partial charge in [0.25, 0.3) is 0 Å². The molecule has 0 fully saturated rings. The Balaban J connectivity index is 1.45. The summed E-state index contributed by atoms with van der Waals surface area (Å²) in [5.74, 6) is 1.65. The Bertz CT molecular complexity index is 1570. The van der Waals surface area contributed by atoms with Crippen LogP contribution in [0.1, 0.15) is 57.6 Å². The van der Waals surface area contributed by atoms with Crippen LogP contribution >= 0.6 is 0 Å². The molecule has 0 saturated carbocycles. The topological polar surface area (TPSA) is 85.2 Å². The predicted molar refractivity (Wildman–Crippen MR) is 137 cm³/mol. The second-order valence-corrected chi connectivity index (χ2v) is 9.20. The van der Waals surface area contributed by atoms with Crippen molar-refractivity contribution < 1.29 is 0 Å². The van der Waals surface area contributed by atoms with Crippen LogP contribution in [0.3, 0.4) is 0 Å². The van der Waals surface area contributed by atoms with E-state index in [1.807, 2.05) is 13.0 Å². The second-order valence-electron chi connectivity index (χ2n) is 9.20. The van der Waals surface area contributed by atoms with Crippen molar-refractivity contribution in [3.05, 3.63) is 99.3 Å². The predicted octanol–water partition coefficient (Wildman–Crippen LogP) is 4.86. The number of imidazole rings is 1. The molecule has 3 aromatic heterocycles. The molecule has 6 rings (SSSR count). The van der Waals surface area contributed by atoms with Crippen molar-refractivity contribution in [1.29, 1.82) is 0 Å². The zero-order valence-corrected chi connectivity index (χ0v) is 20.2. The highest BCUT2D eigenvalue weighted by molar-refractivity contribution is 5.93. The van der Waals surface area contributed by atoms with Gasteiger partial charge in [-0.2, -0.15) is 5.21 Å². The van der Waals surface area contributed by atoms with Crippen molar-refractivity contribution in [2.45, 2.75) is 46.6 Å². The molecular weight excluding hydrogens is 434 g/mol. The fourth-order valence-electron chi connectivity index (χ4n) is 5.21. The van der Waals surface area contributed by atoms with Gasteiger partial charge in [0, 0.05) is 12.1 Å². The molecule has 0 bridgehead atoms. The first-order chi connectivity index (χ1) is 17.1. The van der Waals surface area contributed by atoms with Crippen LogP contribution in [0, 0.1) is 13.8 Å². The number of fused-ring (bicyclic) bond motifs is 3. The van der Waals surface area contributed by atoms with Gasteiger partial charge < -0.3 is 4.57 Å². The minimum atomic E-state index is 0.584. The molecule has 0 spiro atoms. The normalized spacial score (nSPS) is 14.2. The SMILES string of the molecule is CCc1nc2c(C)cc(C)nc2n1Cc1ccc2c(c1)CCc1ccccc1C2=Cc1nn[nH]n1. The summed E-state index contributed by atoms with van der Waals surface area (Å²) in [6.45, 7) is 7.07. The third-order valence-corrected chi connectivity index (χ3v) is 6.82. The van der Waals surface area contributed by atoms with Crippen molar-refractivity contribution >= 4 is 22.8 Å². The van der Waals surface area contributed by atoms with Crippen molar-refractivity contribution in [1.82, 2.24) is 35.2 Å². The molecule has 1 aliphatic carbocycles. The molecule has 0 unspecified atom stereocenters. The first kappa shape index (κ1) is 21.4. The monoisotopic (exact) mass is 461 g/mol. The molecule has 174 valence electrons. The van der Waals surface area contributed by atoms with Gasteiger partial charge in [-0.05, 0) is 83.0 Å². The molecule has 3 heterocycles. The van der Waals surface area contributed by atoms with E-state index in [1.165, 1.54) is 33.4 Å². The van der Waals surface area contributed by atoms with E-state index < -0.39 is 0 Å². The van der Waals surface area contributed by atoms with E-state index in [4.69, 9.17) is 9.97 Å². The van der Waals surface area contributed by atoms with Crippen LogP contribution in [0.15, 0.2) is 48.5 Å². The highest BCUT2D eigenvalue weighted by Crippen LogP contribution is 2.35. The molecule has 0 aliphatic heterocycles.